The summed E-state index contributed by atoms with van der Waals surface area (Å²) < 4.78 is 0. The molecule has 1 fully saturated rings. The lowest BCUT2D eigenvalue weighted by molar-refractivity contribution is -0.148. The van der Waals surface area contributed by atoms with E-state index in [4.69, 9.17) is 5.11 Å². The van der Waals surface area contributed by atoms with Crippen LogP contribution in [0.25, 0.3) is 0 Å². The Morgan fingerprint density at radius 2 is 2.16 bits per heavy atom. The number of carboxylic acid groups (broad SMARTS) is 1. The first-order chi connectivity index (χ1) is 9.16. The predicted octanol–water partition coefficient (Wildman–Crippen LogP) is 1.34. The molecule has 0 bridgehead atoms. The highest BCUT2D eigenvalue weighted by molar-refractivity contribution is 5.83. The van der Waals surface area contributed by atoms with Crippen LogP contribution in [0.1, 0.15) is 24.8 Å². The number of carbonyl (C=O) groups excluding carboxylic acids is 1. The van der Waals surface area contributed by atoms with Gasteiger partial charge in [0, 0.05) is 24.9 Å². The van der Waals surface area contributed by atoms with E-state index < -0.39 is 5.97 Å². The molecule has 1 aliphatic rings. The molecule has 0 aliphatic carbocycles. The van der Waals surface area contributed by atoms with Gasteiger partial charge in [-0.2, -0.15) is 0 Å². The van der Waals surface area contributed by atoms with E-state index in [1.807, 2.05) is 12.1 Å². The molecule has 1 saturated heterocycles. The van der Waals surface area contributed by atoms with Gasteiger partial charge >= 0.3 is 5.97 Å². The Kier molecular flexibility index (Phi) is 4.49. The zero-order valence-electron chi connectivity index (χ0n) is 10.8. The van der Waals surface area contributed by atoms with Crippen molar-refractivity contribution < 1.29 is 14.7 Å². The number of piperidine rings is 1. The monoisotopic (exact) mass is 262 g/mol. The first kappa shape index (κ1) is 13.5. The van der Waals surface area contributed by atoms with E-state index in [1.165, 1.54) is 4.90 Å². The van der Waals surface area contributed by atoms with Crippen molar-refractivity contribution >= 4 is 11.9 Å². The van der Waals surface area contributed by atoms with Gasteiger partial charge in [0.15, 0.2) is 0 Å². The highest BCUT2D eigenvalue weighted by Gasteiger charge is 2.29. The number of nitrogens with zero attached hydrogens (tertiary/aromatic N) is 2. The normalized spacial score (nSPS) is 19.5. The summed E-state index contributed by atoms with van der Waals surface area (Å²) in [7, 11) is 0. The second-order valence-electron chi connectivity index (χ2n) is 4.89. The molecule has 1 atom stereocenters. The molecule has 1 amide bonds. The zero-order valence-corrected chi connectivity index (χ0v) is 10.8. The molecule has 2 heterocycles. The van der Waals surface area contributed by atoms with Gasteiger partial charge in [0.25, 0.3) is 0 Å². The SMILES string of the molecule is O=C(O)CN1CCC[C@@H](CCc2ccncc2)C1=O. The maximum Gasteiger partial charge on any atom is 0.323 e. The van der Waals surface area contributed by atoms with Crippen LogP contribution in [-0.2, 0) is 16.0 Å². The van der Waals surface area contributed by atoms with Crippen molar-refractivity contribution in [2.75, 3.05) is 13.1 Å². The van der Waals surface area contributed by atoms with Crippen LogP contribution in [0.3, 0.4) is 0 Å². The third-order valence-corrected chi connectivity index (χ3v) is 3.50. The third-order valence-electron chi connectivity index (χ3n) is 3.50. The molecule has 0 spiro atoms. The zero-order chi connectivity index (χ0) is 13.7. The number of rotatable bonds is 5. The molecule has 5 nitrogen and oxygen atoms in total. The Hall–Kier alpha value is -1.91. The van der Waals surface area contributed by atoms with Gasteiger partial charge in [-0.15, -0.1) is 0 Å². The third kappa shape index (κ3) is 3.77. The number of aliphatic carboxylic acids is 1. The van der Waals surface area contributed by atoms with Crippen LogP contribution < -0.4 is 0 Å². The van der Waals surface area contributed by atoms with E-state index in [0.717, 1.165) is 31.2 Å². The minimum Gasteiger partial charge on any atom is -0.480 e. The molecule has 1 aromatic heterocycles. The van der Waals surface area contributed by atoms with Crippen molar-refractivity contribution in [3.05, 3.63) is 30.1 Å². The number of amides is 1. The number of carbonyl (C=O) groups is 2. The molecule has 0 unspecified atom stereocenters. The number of carboxylic acids is 1. The molecule has 2 rings (SSSR count). The first-order valence-corrected chi connectivity index (χ1v) is 6.56. The van der Waals surface area contributed by atoms with E-state index in [-0.39, 0.29) is 18.4 Å². The second kappa shape index (κ2) is 6.31. The lowest BCUT2D eigenvalue weighted by Gasteiger charge is -2.31. The van der Waals surface area contributed by atoms with Gasteiger partial charge in [-0.05, 0) is 43.4 Å². The Bertz CT molecular complexity index is 447. The number of pyridine rings is 1. The van der Waals surface area contributed by atoms with Crippen molar-refractivity contribution in [2.24, 2.45) is 5.92 Å². The first-order valence-electron chi connectivity index (χ1n) is 6.56. The largest absolute Gasteiger partial charge is 0.480 e. The lowest BCUT2D eigenvalue weighted by atomic mass is 9.91. The molecular formula is C14H18N2O3. The molecular weight excluding hydrogens is 244 g/mol. The van der Waals surface area contributed by atoms with Crippen molar-refractivity contribution in [3.8, 4) is 0 Å². The molecule has 1 N–H and O–H groups in total. The topological polar surface area (TPSA) is 70.5 Å². The maximum absolute atomic E-state index is 12.1. The second-order valence-corrected chi connectivity index (χ2v) is 4.89. The summed E-state index contributed by atoms with van der Waals surface area (Å²) in [5, 5.41) is 8.78. The van der Waals surface area contributed by atoms with Gasteiger partial charge in [-0.1, -0.05) is 0 Å². The fourth-order valence-electron chi connectivity index (χ4n) is 2.50. The lowest BCUT2D eigenvalue weighted by Crippen LogP contribution is -2.43. The van der Waals surface area contributed by atoms with Gasteiger partial charge in [0.05, 0.1) is 0 Å². The summed E-state index contributed by atoms with van der Waals surface area (Å²) >= 11 is 0. The highest BCUT2D eigenvalue weighted by atomic mass is 16.4. The van der Waals surface area contributed by atoms with Crippen LogP contribution >= 0.6 is 0 Å². The van der Waals surface area contributed by atoms with Crippen molar-refractivity contribution in [1.82, 2.24) is 9.88 Å². The van der Waals surface area contributed by atoms with Crippen LogP contribution in [0.15, 0.2) is 24.5 Å². The van der Waals surface area contributed by atoms with Crippen molar-refractivity contribution in [3.63, 3.8) is 0 Å². The number of aromatic nitrogens is 1. The van der Waals surface area contributed by atoms with E-state index >= 15 is 0 Å². The van der Waals surface area contributed by atoms with Crippen LogP contribution in [0.2, 0.25) is 0 Å². The highest BCUT2D eigenvalue weighted by Crippen LogP contribution is 2.22. The number of aryl methyl sites for hydroxylation is 1. The average Bonchev–Trinajstić information content (AvgIpc) is 2.40. The maximum atomic E-state index is 12.1. The molecule has 0 aromatic carbocycles. The summed E-state index contributed by atoms with van der Waals surface area (Å²) in [5.74, 6) is -0.993. The summed E-state index contributed by atoms with van der Waals surface area (Å²) in [6.45, 7) is 0.390. The summed E-state index contributed by atoms with van der Waals surface area (Å²) in [6.07, 6.45) is 6.85. The van der Waals surface area contributed by atoms with E-state index in [9.17, 15) is 9.59 Å². The fraction of sp³-hybridized carbons (Fsp3) is 0.500. The minimum atomic E-state index is -0.942. The molecule has 102 valence electrons. The van der Waals surface area contributed by atoms with Gasteiger partial charge < -0.3 is 10.0 Å². The van der Waals surface area contributed by atoms with Crippen LogP contribution in [0.5, 0.6) is 0 Å². The van der Waals surface area contributed by atoms with Gasteiger partial charge in [-0.25, -0.2) is 0 Å². The minimum absolute atomic E-state index is 0.0114. The summed E-state index contributed by atoms with van der Waals surface area (Å²) in [4.78, 5) is 28.3. The van der Waals surface area contributed by atoms with Gasteiger partial charge in [-0.3, -0.25) is 14.6 Å². The van der Waals surface area contributed by atoms with Crippen molar-refractivity contribution in [2.45, 2.75) is 25.7 Å². The molecule has 19 heavy (non-hydrogen) atoms. The Labute approximate surface area is 112 Å². The van der Waals surface area contributed by atoms with Crippen molar-refractivity contribution in [1.29, 1.82) is 0 Å². The molecule has 0 saturated carbocycles. The number of likely N-dealkylation sites (tertiary alicyclic amines) is 1. The van der Waals surface area contributed by atoms with E-state index in [1.54, 1.807) is 12.4 Å². The average molecular weight is 262 g/mol. The smallest absolute Gasteiger partial charge is 0.323 e. The predicted molar refractivity (Wildman–Crippen MR) is 69.5 cm³/mol. The van der Waals surface area contributed by atoms with Crippen LogP contribution in [-0.4, -0.2) is 40.0 Å². The molecule has 5 heteroatoms. The Morgan fingerprint density at radius 1 is 1.42 bits per heavy atom. The molecule has 0 radical (unpaired) electrons. The fourth-order valence-corrected chi connectivity index (χ4v) is 2.50. The van der Waals surface area contributed by atoms with Crippen LogP contribution in [0.4, 0.5) is 0 Å². The molecule has 1 aromatic rings. The van der Waals surface area contributed by atoms with E-state index in [2.05, 4.69) is 4.98 Å². The quantitative estimate of drug-likeness (QED) is 0.869. The Balaban J connectivity index is 1.89. The Morgan fingerprint density at radius 3 is 2.84 bits per heavy atom. The standard InChI is InChI=1S/C14H18N2O3/c17-13(18)10-16-9-1-2-12(14(16)19)4-3-11-5-7-15-8-6-11/h5-8,12H,1-4,9-10H2,(H,17,18)/t12-/m0/s1. The number of hydrogen-bond donors (Lipinski definition) is 1. The summed E-state index contributed by atoms with van der Waals surface area (Å²) in [5.41, 5.74) is 1.16. The molecule has 1 aliphatic heterocycles. The number of hydrogen-bond acceptors (Lipinski definition) is 3. The van der Waals surface area contributed by atoms with Crippen LogP contribution in [0, 0.1) is 5.92 Å². The summed E-state index contributed by atoms with van der Waals surface area (Å²) in [6, 6.07) is 3.89. The van der Waals surface area contributed by atoms with Gasteiger partial charge in [0.2, 0.25) is 5.91 Å². The van der Waals surface area contributed by atoms with Gasteiger partial charge in [0.1, 0.15) is 6.54 Å². The van der Waals surface area contributed by atoms with E-state index in [0.29, 0.717) is 6.54 Å².